The van der Waals surface area contributed by atoms with Crippen LogP contribution in [0.1, 0.15) is 11.1 Å². The van der Waals surface area contributed by atoms with Gasteiger partial charge in [0.05, 0.1) is 11.4 Å². The molecule has 0 aliphatic rings. The van der Waals surface area contributed by atoms with E-state index in [1.165, 1.54) is 17.3 Å². The molecule has 25 heavy (non-hydrogen) atoms. The van der Waals surface area contributed by atoms with Crippen molar-refractivity contribution in [3.63, 3.8) is 0 Å². The molecule has 1 N–H and O–H groups in total. The van der Waals surface area contributed by atoms with Crippen LogP contribution in [0.4, 0.5) is 5.69 Å². The minimum absolute atomic E-state index is 0.0501. The number of hydrogen-bond acceptors (Lipinski definition) is 4. The fourth-order valence-electron chi connectivity index (χ4n) is 2.44. The first-order valence-corrected chi connectivity index (χ1v) is 8.99. The van der Waals surface area contributed by atoms with E-state index in [-0.39, 0.29) is 5.91 Å². The van der Waals surface area contributed by atoms with E-state index in [4.69, 9.17) is 0 Å². The highest BCUT2D eigenvalue weighted by atomic mass is 32.2. The summed E-state index contributed by atoms with van der Waals surface area (Å²) in [5.41, 5.74) is 4.94. The maximum Gasteiger partial charge on any atom is 0.234 e. The van der Waals surface area contributed by atoms with E-state index >= 15 is 0 Å². The number of amides is 1. The fraction of sp³-hybridized carbons (Fsp3) is 0.150. The zero-order valence-corrected chi connectivity index (χ0v) is 15.0. The smallest absolute Gasteiger partial charge is 0.234 e. The number of thioether (sulfide) groups is 1. The Morgan fingerprint density at radius 2 is 1.80 bits per heavy atom. The summed E-state index contributed by atoms with van der Waals surface area (Å²) in [7, 11) is 0. The Balaban J connectivity index is 1.57. The van der Waals surface area contributed by atoms with Crippen LogP contribution >= 0.6 is 11.8 Å². The largest absolute Gasteiger partial charge is 0.325 e. The molecule has 0 aliphatic carbocycles. The van der Waals surface area contributed by atoms with Crippen LogP contribution in [0.15, 0.2) is 65.7 Å². The zero-order valence-electron chi connectivity index (χ0n) is 14.2. The Hall–Kier alpha value is -2.66. The molecule has 0 spiro atoms. The first-order valence-electron chi connectivity index (χ1n) is 8.01. The molecule has 0 saturated carbocycles. The Morgan fingerprint density at radius 3 is 2.48 bits per heavy atom. The summed E-state index contributed by atoms with van der Waals surface area (Å²) in [6.45, 7) is 4.02. The molecular formula is C20H19N3OS. The number of nitrogens with one attached hydrogen (secondary N) is 1. The second-order valence-corrected chi connectivity index (χ2v) is 6.77. The monoisotopic (exact) mass is 349 g/mol. The van der Waals surface area contributed by atoms with E-state index in [1.807, 2.05) is 68.4 Å². The van der Waals surface area contributed by atoms with Gasteiger partial charge in [0.25, 0.3) is 0 Å². The highest BCUT2D eigenvalue weighted by Crippen LogP contribution is 2.20. The van der Waals surface area contributed by atoms with Crippen LogP contribution in [0.3, 0.4) is 0 Å². The second-order valence-electron chi connectivity index (χ2n) is 5.78. The van der Waals surface area contributed by atoms with Crippen molar-refractivity contribution in [1.82, 2.24) is 10.2 Å². The third-order valence-corrected chi connectivity index (χ3v) is 4.64. The Labute approximate surface area is 151 Å². The maximum absolute atomic E-state index is 12.1. The number of nitrogens with zero attached hydrogens (tertiary/aromatic N) is 2. The summed E-state index contributed by atoms with van der Waals surface area (Å²) in [6.07, 6.45) is 0. The van der Waals surface area contributed by atoms with Gasteiger partial charge in [0, 0.05) is 11.3 Å². The highest BCUT2D eigenvalue weighted by molar-refractivity contribution is 7.99. The molecule has 2 aromatic carbocycles. The molecule has 4 nitrogen and oxygen atoms in total. The Bertz CT molecular complexity index is 864. The van der Waals surface area contributed by atoms with Crippen LogP contribution < -0.4 is 5.32 Å². The van der Waals surface area contributed by atoms with Gasteiger partial charge in [0.15, 0.2) is 0 Å². The molecule has 0 radical (unpaired) electrons. The molecule has 0 fully saturated rings. The number of benzene rings is 2. The van der Waals surface area contributed by atoms with Gasteiger partial charge in [-0.3, -0.25) is 4.79 Å². The molecule has 0 unspecified atom stereocenters. The standard InChI is InChI=1S/C20H19N3OS/c1-14-8-9-17(15(2)12-14)21-19(24)13-25-20-11-10-18(22-23-20)16-6-4-3-5-7-16/h3-12H,13H2,1-2H3,(H,21,24). The molecule has 5 heteroatoms. The summed E-state index contributed by atoms with van der Waals surface area (Å²) in [5, 5.41) is 12.1. The topological polar surface area (TPSA) is 54.9 Å². The zero-order chi connectivity index (χ0) is 17.6. The van der Waals surface area contributed by atoms with Gasteiger partial charge in [-0.15, -0.1) is 10.2 Å². The normalized spacial score (nSPS) is 10.5. The minimum atomic E-state index is -0.0501. The average Bonchev–Trinajstić information content (AvgIpc) is 2.63. The van der Waals surface area contributed by atoms with E-state index in [9.17, 15) is 4.79 Å². The van der Waals surface area contributed by atoms with Crippen LogP contribution in [-0.2, 0) is 4.79 Å². The van der Waals surface area contributed by atoms with Gasteiger partial charge in [-0.2, -0.15) is 0 Å². The van der Waals surface area contributed by atoms with Crippen molar-refractivity contribution in [1.29, 1.82) is 0 Å². The minimum Gasteiger partial charge on any atom is -0.325 e. The fourth-order valence-corrected chi connectivity index (χ4v) is 3.05. The van der Waals surface area contributed by atoms with Gasteiger partial charge in [0.2, 0.25) is 5.91 Å². The summed E-state index contributed by atoms with van der Waals surface area (Å²) in [4.78, 5) is 12.1. The molecule has 126 valence electrons. The number of aromatic nitrogens is 2. The van der Waals surface area contributed by atoms with E-state index in [2.05, 4.69) is 21.6 Å². The van der Waals surface area contributed by atoms with Gasteiger partial charge in [-0.1, -0.05) is 59.8 Å². The van der Waals surface area contributed by atoms with Crippen molar-refractivity contribution >= 4 is 23.4 Å². The van der Waals surface area contributed by atoms with Crippen LogP contribution in [0.2, 0.25) is 0 Å². The lowest BCUT2D eigenvalue weighted by Crippen LogP contribution is -2.15. The molecule has 3 aromatic rings. The van der Waals surface area contributed by atoms with Crippen LogP contribution in [0.5, 0.6) is 0 Å². The number of carbonyl (C=O) groups is 1. The summed E-state index contributed by atoms with van der Waals surface area (Å²) < 4.78 is 0. The molecule has 1 amide bonds. The van der Waals surface area contributed by atoms with Crippen LogP contribution in [0, 0.1) is 13.8 Å². The predicted molar refractivity (Wildman–Crippen MR) is 103 cm³/mol. The molecule has 3 rings (SSSR count). The lowest BCUT2D eigenvalue weighted by molar-refractivity contribution is -0.113. The summed E-state index contributed by atoms with van der Waals surface area (Å²) in [6, 6.07) is 19.7. The molecule has 1 heterocycles. The predicted octanol–water partition coefficient (Wildman–Crippen LogP) is 4.49. The molecule has 0 saturated heterocycles. The third-order valence-electron chi connectivity index (χ3n) is 3.72. The summed E-state index contributed by atoms with van der Waals surface area (Å²) >= 11 is 1.38. The highest BCUT2D eigenvalue weighted by Gasteiger charge is 2.07. The lowest BCUT2D eigenvalue weighted by atomic mass is 10.1. The van der Waals surface area contributed by atoms with Crippen molar-refractivity contribution in [2.45, 2.75) is 18.9 Å². The van der Waals surface area contributed by atoms with E-state index in [1.54, 1.807) is 0 Å². The quantitative estimate of drug-likeness (QED) is 0.690. The van der Waals surface area contributed by atoms with E-state index in [0.717, 1.165) is 27.5 Å². The molecular weight excluding hydrogens is 330 g/mol. The lowest BCUT2D eigenvalue weighted by Gasteiger charge is -2.09. The van der Waals surface area contributed by atoms with Gasteiger partial charge in [-0.05, 0) is 37.6 Å². The van der Waals surface area contributed by atoms with E-state index in [0.29, 0.717) is 5.75 Å². The number of carbonyl (C=O) groups excluding carboxylic acids is 1. The Kier molecular flexibility index (Phi) is 5.46. The van der Waals surface area contributed by atoms with Crippen LogP contribution in [0.25, 0.3) is 11.3 Å². The van der Waals surface area contributed by atoms with Crippen LogP contribution in [-0.4, -0.2) is 21.9 Å². The first kappa shape index (κ1) is 17.2. The number of aryl methyl sites for hydroxylation is 2. The third kappa shape index (κ3) is 4.67. The summed E-state index contributed by atoms with van der Waals surface area (Å²) in [5.74, 6) is 0.248. The molecule has 0 bridgehead atoms. The molecule has 0 atom stereocenters. The van der Waals surface area contributed by atoms with Crippen molar-refractivity contribution in [2.24, 2.45) is 0 Å². The Morgan fingerprint density at radius 1 is 1.00 bits per heavy atom. The van der Waals surface area contributed by atoms with Crippen molar-refractivity contribution in [3.05, 3.63) is 71.8 Å². The molecule has 0 aliphatic heterocycles. The SMILES string of the molecule is Cc1ccc(NC(=O)CSc2ccc(-c3ccccc3)nn2)c(C)c1. The second kappa shape index (κ2) is 7.94. The van der Waals surface area contributed by atoms with E-state index < -0.39 is 0 Å². The van der Waals surface area contributed by atoms with Gasteiger partial charge < -0.3 is 5.32 Å². The van der Waals surface area contributed by atoms with Gasteiger partial charge >= 0.3 is 0 Å². The number of rotatable bonds is 5. The average molecular weight is 349 g/mol. The first-order chi connectivity index (χ1) is 12.1. The van der Waals surface area contributed by atoms with Crippen molar-refractivity contribution in [2.75, 3.05) is 11.1 Å². The van der Waals surface area contributed by atoms with Crippen molar-refractivity contribution < 1.29 is 4.79 Å². The maximum atomic E-state index is 12.1. The number of hydrogen-bond donors (Lipinski definition) is 1. The van der Waals surface area contributed by atoms with Crippen molar-refractivity contribution in [3.8, 4) is 11.3 Å². The number of anilines is 1. The van der Waals surface area contributed by atoms with Gasteiger partial charge in [0.1, 0.15) is 5.03 Å². The van der Waals surface area contributed by atoms with Gasteiger partial charge in [-0.25, -0.2) is 0 Å². The molecule has 1 aromatic heterocycles.